The fourth-order valence-corrected chi connectivity index (χ4v) is 1.81. The monoisotopic (exact) mass is 250 g/mol. The Morgan fingerprint density at radius 1 is 0.895 bits per heavy atom. The van der Waals surface area contributed by atoms with Crippen LogP contribution in [-0.2, 0) is 4.84 Å². The van der Waals surface area contributed by atoms with Crippen molar-refractivity contribution in [3.63, 3.8) is 0 Å². The molecule has 0 saturated carbocycles. The van der Waals surface area contributed by atoms with Gasteiger partial charge in [-0.15, -0.1) is 5.17 Å². The van der Waals surface area contributed by atoms with Crippen LogP contribution in [0.2, 0.25) is 0 Å². The number of hydrazine groups is 1. The average Bonchev–Trinajstić information content (AvgIpc) is 2.96. The Bertz CT molecular complexity index is 591. The van der Waals surface area contributed by atoms with Gasteiger partial charge in [-0.2, -0.15) is 0 Å². The van der Waals surface area contributed by atoms with E-state index < -0.39 is 0 Å². The smallest absolute Gasteiger partial charge is 0.182 e. The molecule has 0 amide bonds. The minimum absolute atomic E-state index is 0.804. The van der Waals surface area contributed by atoms with Gasteiger partial charge in [0.2, 0.25) is 0 Å². The second-order valence-corrected chi connectivity index (χ2v) is 4.15. The Labute approximate surface area is 112 Å². The van der Waals surface area contributed by atoms with E-state index in [9.17, 15) is 0 Å². The molecule has 3 nitrogen and oxygen atoms in total. The van der Waals surface area contributed by atoms with Gasteiger partial charge < -0.3 is 4.84 Å². The molecule has 0 fully saturated rings. The van der Waals surface area contributed by atoms with E-state index in [-0.39, 0.29) is 0 Å². The van der Waals surface area contributed by atoms with Crippen molar-refractivity contribution in [3.05, 3.63) is 84.2 Å². The molecule has 0 aromatic heterocycles. The largest absolute Gasteiger partial charge is 0.358 e. The van der Waals surface area contributed by atoms with Crippen LogP contribution in [0.5, 0.6) is 0 Å². The highest BCUT2D eigenvalue weighted by Crippen LogP contribution is 2.20. The summed E-state index contributed by atoms with van der Waals surface area (Å²) in [6.45, 7) is 0. The summed E-state index contributed by atoms with van der Waals surface area (Å²) in [5, 5.41) is 1.58. The fourth-order valence-electron chi connectivity index (χ4n) is 1.81. The second kappa shape index (κ2) is 5.31. The van der Waals surface area contributed by atoms with Crippen LogP contribution >= 0.6 is 0 Å². The highest BCUT2D eigenvalue weighted by molar-refractivity contribution is 5.60. The minimum Gasteiger partial charge on any atom is -0.358 e. The molecule has 0 unspecified atom stereocenters. The minimum atomic E-state index is 0.804. The first kappa shape index (κ1) is 11.4. The average molecular weight is 250 g/mol. The van der Waals surface area contributed by atoms with Crippen molar-refractivity contribution in [1.29, 1.82) is 0 Å². The topological polar surface area (TPSA) is 24.5 Å². The zero-order valence-electron chi connectivity index (χ0n) is 10.4. The third kappa shape index (κ3) is 2.77. The summed E-state index contributed by atoms with van der Waals surface area (Å²) in [6, 6.07) is 20.1. The van der Waals surface area contributed by atoms with Gasteiger partial charge in [-0.1, -0.05) is 60.7 Å². The van der Waals surface area contributed by atoms with Crippen molar-refractivity contribution in [1.82, 2.24) is 10.6 Å². The SMILES string of the molecule is C(=CN1NC=C(c2ccccc2)O1)c1ccccc1. The molecule has 3 heteroatoms. The quantitative estimate of drug-likeness (QED) is 0.903. The lowest BCUT2D eigenvalue weighted by molar-refractivity contribution is -0.0493. The predicted molar refractivity (Wildman–Crippen MR) is 76.0 cm³/mol. The lowest BCUT2D eigenvalue weighted by Crippen LogP contribution is -2.21. The number of hydroxylamine groups is 1. The van der Waals surface area contributed by atoms with Crippen molar-refractivity contribution in [2.75, 3.05) is 0 Å². The van der Waals surface area contributed by atoms with Crippen molar-refractivity contribution < 1.29 is 4.84 Å². The summed E-state index contributed by atoms with van der Waals surface area (Å²) in [4.78, 5) is 5.67. The lowest BCUT2D eigenvalue weighted by atomic mass is 10.2. The van der Waals surface area contributed by atoms with Gasteiger partial charge in [0.15, 0.2) is 5.76 Å². The van der Waals surface area contributed by atoms with E-state index in [1.165, 1.54) is 0 Å². The maximum absolute atomic E-state index is 5.67. The first-order chi connectivity index (χ1) is 9.42. The third-order valence-corrected chi connectivity index (χ3v) is 2.78. The molecule has 2 aromatic rings. The van der Waals surface area contributed by atoms with Crippen molar-refractivity contribution in [3.8, 4) is 0 Å². The van der Waals surface area contributed by atoms with Gasteiger partial charge in [0.05, 0.1) is 12.4 Å². The van der Waals surface area contributed by atoms with Gasteiger partial charge >= 0.3 is 0 Å². The van der Waals surface area contributed by atoms with Crippen LogP contribution in [0.3, 0.4) is 0 Å². The van der Waals surface area contributed by atoms with Crippen LogP contribution in [0.1, 0.15) is 11.1 Å². The number of nitrogens with zero attached hydrogens (tertiary/aromatic N) is 1. The number of benzene rings is 2. The van der Waals surface area contributed by atoms with Gasteiger partial charge in [-0.25, -0.2) is 0 Å². The molecule has 3 rings (SSSR count). The van der Waals surface area contributed by atoms with E-state index in [2.05, 4.69) is 5.43 Å². The van der Waals surface area contributed by atoms with Gasteiger partial charge in [-0.3, -0.25) is 5.43 Å². The maximum Gasteiger partial charge on any atom is 0.182 e. The van der Waals surface area contributed by atoms with Crippen LogP contribution in [0.25, 0.3) is 11.8 Å². The van der Waals surface area contributed by atoms with E-state index in [1.807, 2.05) is 79.1 Å². The Balaban J connectivity index is 1.64. The molecule has 0 spiro atoms. The Kier molecular flexibility index (Phi) is 3.19. The Hall–Kier alpha value is -2.68. The van der Waals surface area contributed by atoms with E-state index in [0.29, 0.717) is 0 Å². The maximum atomic E-state index is 5.67. The molecule has 0 aliphatic carbocycles. The highest BCUT2D eigenvalue weighted by Gasteiger charge is 2.13. The zero-order chi connectivity index (χ0) is 12.9. The third-order valence-electron chi connectivity index (χ3n) is 2.78. The Morgan fingerprint density at radius 3 is 2.32 bits per heavy atom. The summed E-state index contributed by atoms with van der Waals surface area (Å²) in [5.41, 5.74) is 5.21. The molecular formula is C16H14N2O. The van der Waals surface area contributed by atoms with Crippen molar-refractivity contribution >= 4 is 11.8 Å². The first-order valence-corrected chi connectivity index (χ1v) is 6.14. The Morgan fingerprint density at radius 2 is 1.58 bits per heavy atom. The summed E-state index contributed by atoms with van der Waals surface area (Å²) in [7, 11) is 0. The zero-order valence-corrected chi connectivity index (χ0v) is 10.4. The summed E-state index contributed by atoms with van der Waals surface area (Å²) < 4.78 is 0. The van der Waals surface area contributed by atoms with Crippen LogP contribution in [0.4, 0.5) is 0 Å². The van der Waals surface area contributed by atoms with Crippen molar-refractivity contribution in [2.45, 2.75) is 0 Å². The van der Waals surface area contributed by atoms with E-state index in [4.69, 9.17) is 4.84 Å². The summed E-state index contributed by atoms with van der Waals surface area (Å²) in [5.74, 6) is 0.804. The molecule has 2 aromatic carbocycles. The summed E-state index contributed by atoms with van der Waals surface area (Å²) in [6.07, 6.45) is 5.67. The predicted octanol–water partition coefficient (Wildman–Crippen LogP) is 3.41. The number of hydrogen-bond acceptors (Lipinski definition) is 3. The van der Waals surface area contributed by atoms with Gasteiger partial charge in [0, 0.05) is 5.56 Å². The van der Waals surface area contributed by atoms with Crippen LogP contribution in [0, 0.1) is 0 Å². The van der Waals surface area contributed by atoms with E-state index in [1.54, 1.807) is 5.17 Å². The molecule has 0 atom stereocenters. The standard InChI is InChI=1S/C16H14N2O/c1-3-7-14(8-4-1)11-12-18-17-13-16(19-18)15-9-5-2-6-10-15/h1-13,17H. The highest BCUT2D eigenvalue weighted by atomic mass is 16.7. The molecule has 1 aliphatic rings. The van der Waals surface area contributed by atoms with Crippen LogP contribution < -0.4 is 5.43 Å². The fraction of sp³-hybridized carbons (Fsp3) is 0. The van der Waals surface area contributed by atoms with Gasteiger partial charge in [0.25, 0.3) is 0 Å². The normalized spacial score (nSPS) is 14.1. The molecule has 0 radical (unpaired) electrons. The number of rotatable bonds is 3. The molecule has 94 valence electrons. The molecule has 0 bridgehead atoms. The molecular weight excluding hydrogens is 236 g/mol. The lowest BCUT2D eigenvalue weighted by Gasteiger charge is -2.12. The van der Waals surface area contributed by atoms with Gasteiger partial charge in [0.1, 0.15) is 0 Å². The molecule has 19 heavy (non-hydrogen) atoms. The first-order valence-electron chi connectivity index (χ1n) is 6.14. The van der Waals surface area contributed by atoms with Crippen LogP contribution in [-0.4, -0.2) is 5.17 Å². The molecule has 0 saturated heterocycles. The van der Waals surface area contributed by atoms with Crippen LogP contribution in [0.15, 0.2) is 73.1 Å². The van der Waals surface area contributed by atoms with Gasteiger partial charge in [-0.05, 0) is 11.6 Å². The molecule has 1 aliphatic heterocycles. The number of hydrogen-bond donors (Lipinski definition) is 1. The molecule has 1 heterocycles. The van der Waals surface area contributed by atoms with E-state index >= 15 is 0 Å². The molecule has 1 N–H and O–H groups in total. The van der Waals surface area contributed by atoms with E-state index in [0.717, 1.165) is 16.9 Å². The van der Waals surface area contributed by atoms with Crippen molar-refractivity contribution in [2.24, 2.45) is 0 Å². The number of nitrogens with one attached hydrogen (secondary N) is 1. The second-order valence-electron chi connectivity index (χ2n) is 4.15. The summed E-state index contributed by atoms with van der Waals surface area (Å²) >= 11 is 0.